The first-order valence-corrected chi connectivity index (χ1v) is 2.20. The fourth-order valence-electron chi connectivity index (χ4n) is 0.473. The molecule has 0 aromatic carbocycles. The highest BCUT2D eigenvalue weighted by molar-refractivity contribution is 4.79. The van der Waals surface area contributed by atoms with E-state index >= 15 is 0 Å². The van der Waals surface area contributed by atoms with E-state index in [-0.39, 0.29) is 0 Å². The Hall–Kier alpha value is -0.860. The van der Waals surface area contributed by atoms with Crippen LogP contribution >= 0.6 is 0 Å². The van der Waals surface area contributed by atoms with Crippen LogP contribution in [0.1, 0.15) is 0 Å². The summed E-state index contributed by atoms with van der Waals surface area (Å²) in [6.45, 7) is 0.948. The number of nitrogens with zero attached hydrogens (tertiary/aromatic N) is 1. The molecule has 1 N–H and O–H groups in total. The fraction of sp³-hybridized carbons (Fsp3) is 0.500. The monoisotopic (exact) mass is 99.1 g/mol. The van der Waals surface area contributed by atoms with Gasteiger partial charge in [0, 0.05) is 21.9 Å². The molecule has 0 bridgehead atoms. The van der Waals surface area contributed by atoms with Crippen LogP contribution in [0.15, 0.2) is 12.3 Å². The van der Waals surface area contributed by atoms with E-state index in [1.807, 2.05) is 0 Å². The van der Waals surface area contributed by atoms with Crippen LogP contribution in [-0.4, -0.2) is 18.0 Å². The lowest BCUT2D eigenvalue weighted by Gasteiger charge is -1.95. The summed E-state index contributed by atoms with van der Waals surface area (Å²) in [6.07, 6.45) is 3.57. The predicted octanol–water partition coefficient (Wildman–Crippen LogP) is -0.160. The molecule has 38 valence electrons. The number of hydrogen-bond acceptors (Lipinski definition) is 2. The predicted molar refractivity (Wildman–Crippen MR) is 25.6 cm³/mol. The van der Waals surface area contributed by atoms with Crippen molar-refractivity contribution >= 4 is 0 Å². The van der Waals surface area contributed by atoms with Crippen molar-refractivity contribution in [3.8, 4) is 0 Å². The minimum atomic E-state index is 0.427. The van der Waals surface area contributed by atoms with Crippen LogP contribution in [0.3, 0.4) is 0 Å². The van der Waals surface area contributed by atoms with E-state index in [1.165, 1.54) is 0 Å². The molecule has 3 heteroatoms. The van der Waals surface area contributed by atoms with Gasteiger partial charge < -0.3 is 5.32 Å². The van der Waals surface area contributed by atoms with Crippen molar-refractivity contribution in [2.24, 2.45) is 0 Å². The molecule has 0 saturated carbocycles. The highest BCUT2D eigenvalue weighted by Crippen LogP contribution is 1.79. The molecule has 1 aliphatic rings. The van der Waals surface area contributed by atoms with Gasteiger partial charge in [-0.1, -0.05) is 0 Å². The molecule has 0 aromatic rings. The number of nitroso groups, excluding NO2 is 1. The third-order valence-electron chi connectivity index (χ3n) is 0.812. The summed E-state index contributed by atoms with van der Waals surface area (Å²) in [5, 5.41) is 2.77. The second kappa shape index (κ2) is 1.73. The van der Waals surface area contributed by atoms with Crippen LogP contribution in [0.25, 0.3) is 0 Å². The summed E-state index contributed by atoms with van der Waals surface area (Å²) < 4.78 is 0.944. The van der Waals surface area contributed by atoms with Gasteiger partial charge in [-0.15, -0.1) is 0 Å². The molecule has 1 aliphatic heterocycles. The summed E-state index contributed by atoms with van der Waals surface area (Å²) in [4.78, 5) is 10.3. The van der Waals surface area contributed by atoms with Gasteiger partial charge in [0.05, 0.1) is 0 Å². The average Bonchev–Trinajstić information content (AvgIpc) is 1.69. The highest BCUT2D eigenvalue weighted by Gasteiger charge is 2.04. The molecule has 0 fully saturated rings. The van der Waals surface area contributed by atoms with Gasteiger partial charge in [0.1, 0.15) is 0 Å². The molecule has 7 heavy (non-hydrogen) atoms. The van der Waals surface area contributed by atoms with Gasteiger partial charge in [0.2, 0.25) is 6.54 Å². The molecule has 1 heterocycles. The number of nitrogens with one attached hydrogen (secondary N) is 1. The van der Waals surface area contributed by atoms with Crippen LogP contribution in [0.5, 0.6) is 0 Å². The summed E-state index contributed by atoms with van der Waals surface area (Å²) >= 11 is 0. The summed E-state index contributed by atoms with van der Waals surface area (Å²) in [5.74, 6) is 0. The van der Waals surface area contributed by atoms with Gasteiger partial charge in [-0.25, -0.2) is 0 Å². The zero-order valence-corrected chi connectivity index (χ0v) is 3.92. The van der Waals surface area contributed by atoms with Crippen molar-refractivity contribution in [3.05, 3.63) is 17.2 Å². The van der Waals surface area contributed by atoms with E-state index in [0.29, 0.717) is 13.2 Å². The van der Waals surface area contributed by atoms with Gasteiger partial charge >= 0.3 is 0 Å². The molecule has 0 spiro atoms. The van der Waals surface area contributed by atoms with Gasteiger partial charge in [0.15, 0.2) is 0 Å². The lowest BCUT2D eigenvalue weighted by Crippen LogP contribution is -2.25. The van der Waals surface area contributed by atoms with Crippen molar-refractivity contribution < 1.29 is 4.76 Å². The van der Waals surface area contributed by atoms with Crippen LogP contribution in [0, 0.1) is 4.91 Å². The fourth-order valence-corrected chi connectivity index (χ4v) is 0.473. The summed E-state index contributed by atoms with van der Waals surface area (Å²) in [5.41, 5.74) is 0. The molecule has 0 atom stereocenters. The molecular weight excluding hydrogens is 92.1 g/mol. The van der Waals surface area contributed by atoms with E-state index < -0.39 is 0 Å². The zero-order valence-electron chi connectivity index (χ0n) is 3.92. The Morgan fingerprint density at radius 3 is 2.86 bits per heavy atom. The third-order valence-corrected chi connectivity index (χ3v) is 0.812. The molecule has 0 unspecified atom stereocenters. The average molecular weight is 99.1 g/mol. The maximum absolute atomic E-state index is 10.3. The van der Waals surface area contributed by atoms with Crippen LogP contribution < -0.4 is 5.32 Å². The van der Waals surface area contributed by atoms with Crippen molar-refractivity contribution in [1.82, 2.24) is 5.32 Å². The van der Waals surface area contributed by atoms with Gasteiger partial charge in [-0.05, 0) is 0 Å². The van der Waals surface area contributed by atoms with Crippen molar-refractivity contribution in [2.45, 2.75) is 0 Å². The van der Waals surface area contributed by atoms with Crippen molar-refractivity contribution in [1.29, 1.82) is 0 Å². The molecule has 1 rings (SSSR count). The van der Waals surface area contributed by atoms with Crippen LogP contribution in [0.4, 0.5) is 0 Å². The van der Waals surface area contributed by atoms with Gasteiger partial charge in [-0.3, -0.25) is 0 Å². The Morgan fingerprint density at radius 2 is 2.57 bits per heavy atom. The molecule has 0 radical (unpaired) electrons. The first-order valence-electron chi connectivity index (χ1n) is 2.20. The molecule has 0 aromatic heterocycles. The first kappa shape index (κ1) is 4.30. The Morgan fingerprint density at radius 1 is 1.71 bits per heavy atom. The van der Waals surface area contributed by atoms with E-state index in [4.69, 9.17) is 0 Å². The third kappa shape index (κ3) is 0.994. The molecule has 0 saturated heterocycles. The maximum atomic E-state index is 10.3. The van der Waals surface area contributed by atoms with Gasteiger partial charge in [0.25, 0.3) is 6.67 Å². The summed E-state index contributed by atoms with van der Waals surface area (Å²) in [6, 6.07) is 0. The minimum absolute atomic E-state index is 0.427. The SMILES string of the molecule is O=[N+]1CC=CNC1. The van der Waals surface area contributed by atoms with E-state index in [9.17, 15) is 4.91 Å². The van der Waals surface area contributed by atoms with Crippen molar-refractivity contribution in [2.75, 3.05) is 13.2 Å². The topological polar surface area (TPSA) is 32.1 Å². The van der Waals surface area contributed by atoms with Crippen LogP contribution in [0.2, 0.25) is 0 Å². The highest BCUT2D eigenvalue weighted by atomic mass is 16.3. The number of hydrogen-bond donors (Lipinski definition) is 1. The standard InChI is InChI=1S/C4H7N2O/c7-6-3-1-2-5-4-6/h1-2,5H,3-4H2/q+1. The molecular formula is C4H7N2O+. The Kier molecular flexibility index (Phi) is 1.06. The largest absolute Gasteiger partial charge is 0.334 e. The van der Waals surface area contributed by atoms with Gasteiger partial charge in [-0.2, -0.15) is 0 Å². The van der Waals surface area contributed by atoms with E-state index in [2.05, 4.69) is 5.32 Å². The lowest BCUT2D eigenvalue weighted by atomic mass is 10.5. The van der Waals surface area contributed by atoms with Crippen molar-refractivity contribution in [3.63, 3.8) is 0 Å². The lowest BCUT2D eigenvalue weighted by molar-refractivity contribution is -0.545. The Labute approximate surface area is 41.6 Å². The second-order valence-corrected chi connectivity index (χ2v) is 1.43. The summed E-state index contributed by atoms with van der Waals surface area (Å²) in [7, 11) is 0. The molecule has 0 aliphatic carbocycles. The normalized spacial score (nSPS) is 19.1. The van der Waals surface area contributed by atoms with Crippen LogP contribution in [-0.2, 0) is 0 Å². The second-order valence-electron chi connectivity index (χ2n) is 1.43. The molecule has 3 nitrogen and oxygen atoms in total. The Balaban J connectivity index is 2.47. The smallest absolute Gasteiger partial charge is 0.264 e. The van der Waals surface area contributed by atoms with E-state index in [0.717, 1.165) is 4.76 Å². The first-order chi connectivity index (χ1) is 3.39. The maximum Gasteiger partial charge on any atom is 0.264 e. The Bertz CT molecular complexity index is 108. The van der Waals surface area contributed by atoms with E-state index in [1.54, 1.807) is 12.3 Å². The number of rotatable bonds is 0. The quantitative estimate of drug-likeness (QED) is 0.428. The minimum Gasteiger partial charge on any atom is -0.334 e. The molecule has 0 amide bonds. The zero-order chi connectivity index (χ0) is 5.11.